The molecule has 0 bridgehead atoms. The minimum absolute atomic E-state index is 0.162. The van der Waals surface area contributed by atoms with Gasteiger partial charge in [0.05, 0.1) is 11.2 Å². The Balaban J connectivity index is 1.56. The van der Waals surface area contributed by atoms with Gasteiger partial charge >= 0.3 is 0 Å². The summed E-state index contributed by atoms with van der Waals surface area (Å²) in [6.07, 6.45) is 3.14. The summed E-state index contributed by atoms with van der Waals surface area (Å²) in [6, 6.07) is 3.64. The fraction of sp³-hybridized carbons (Fsp3) is 0.538. The van der Waals surface area contributed by atoms with Crippen LogP contribution in [0.1, 0.15) is 18.4 Å². The second-order valence-electron chi connectivity index (χ2n) is 5.47. The van der Waals surface area contributed by atoms with Crippen LogP contribution in [0.3, 0.4) is 0 Å². The number of carbonyl (C=O) groups is 1. The van der Waals surface area contributed by atoms with Crippen LogP contribution >= 0.6 is 0 Å². The molecule has 1 saturated carbocycles. The first-order valence-corrected chi connectivity index (χ1v) is 8.19. The molecule has 1 aliphatic heterocycles. The monoisotopic (exact) mass is 295 g/mol. The highest BCUT2D eigenvalue weighted by Crippen LogP contribution is 2.34. The topological polar surface area (TPSA) is 79.4 Å². The van der Waals surface area contributed by atoms with Crippen molar-refractivity contribution in [2.75, 3.05) is 18.4 Å². The lowest BCUT2D eigenvalue weighted by atomic mass is 10.0. The zero-order valence-electron chi connectivity index (χ0n) is 11.2. The Bertz CT molecular complexity index is 634. The number of rotatable bonds is 4. The number of amides is 1. The molecule has 2 fully saturated rings. The van der Waals surface area contributed by atoms with E-state index in [-0.39, 0.29) is 30.2 Å². The van der Waals surface area contributed by atoms with Gasteiger partial charge in [0, 0.05) is 19.3 Å². The Morgan fingerprint density at radius 1 is 1.40 bits per heavy atom. The van der Waals surface area contributed by atoms with Gasteiger partial charge in [-0.05, 0) is 37.5 Å². The third kappa shape index (κ3) is 2.55. The number of carbonyl (C=O) groups excluding carboxylic acids is 1. The predicted octanol–water partition coefficient (Wildman–Crippen LogP) is 0.753. The molecule has 20 heavy (non-hydrogen) atoms. The van der Waals surface area contributed by atoms with Gasteiger partial charge in [-0.3, -0.25) is 4.79 Å². The number of hydrogen-bond donors (Lipinski definition) is 1. The van der Waals surface area contributed by atoms with E-state index in [4.69, 9.17) is 0 Å². The molecule has 108 valence electrons. The molecule has 7 heteroatoms. The third-order valence-electron chi connectivity index (χ3n) is 3.69. The van der Waals surface area contributed by atoms with E-state index in [9.17, 15) is 13.2 Å². The van der Waals surface area contributed by atoms with E-state index >= 15 is 0 Å². The third-order valence-corrected chi connectivity index (χ3v) is 6.02. The summed E-state index contributed by atoms with van der Waals surface area (Å²) in [5.41, 5.74) is 1.02. The van der Waals surface area contributed by atoms with E-state index in [0.717, 1.165) is 18.4 Å². The fourth-order valence-electron chi connectivity index (χ4n) is 2.22. The maximum Gasteiger partial charge on any atom is 0.231 e. The Labute approximate surface area is 118 Å². The van der Waals surface area contributed by atoms with Crippen LogP contribution < -0.4 is 5.32 Å². The van der Waals surface area contributed by atoms with Crippen LogP contribution in [0.5, 0.6) is 0 Å². The van der Waals surface area contributed by atoms with Crippen LogP contribution in [0.4, 0.5) is 5.82 Å². The van der Waals surface area contributed by atoms with Gasteiger partial charge in [0.2, 0.25) is 15.9 Å². The fourth-order valence-corrected chi connectivity index (χ4v) is 4.15. The van der Waals surface area contributed by atoms with Crippen molar-refractivity contribution >= 4 is 21.7 Å². The Morgan fingerprint density at radius 2 is 2.10 bits per heavy atom. The summed E-state index contributed by atoms with van der Waals surface area (Å²) >= 11 is 0. The van der Waals surface area contributed by atoms with Gasteiger partial charge in [0.15, 0.2) is 0 Å². The van der Waals surface area contributed by atoms with E-state index in [1.54, 1.807) is 12.3 Å². The average Bonchev–Trinajstić information content (AvgIpc) is 3.09. The number of nitrogens with one attached hydrogen (secondary N) is 1. The molecule has 1 aromatic heterocycles. The summed E-state index contributed by atoms with van der Waals surface area (Å²) in [4.78, 5) is 16.1. The number of pyridine rings is 1. The van der Waals surface area contributed by atoms with Crippen LogP contribution in [-0.2, 0) is 14.8 Å². The molecular weight excluding hydrogens is 278 g/mol. The zero-order chi connectivity index (χ0) is 14.3. The Hall–Kier alpha value is -1.47. The van der Waals surface area contributed by atoms with Crippen LogP contribution in [0, 0.1) is 12.8 Å². The average molecular weight is 295 g/mol. The summed E-state index contributed by atoms with van der Waals surface area (Å²) in [6.45, 7) is 2.50. The molecule has 6 nitrogen and oxygen atoms in total. The number of hydrogen-bond acceptors (Lipinski definition) is 4. The normalized spacial score (nSPS) is 20.4. The van der Waals surface area contributed by atoms with Crippen LogP contribution in [0.2, 0.25) is 0 Å². The lowest BCUT2D eigenvalue weighted by Gasteiger charge is -2.37. The molecular formula is C13H17N3O3S. The minimum Gasteiger partial charge on any atom is -0.310 e. The van der Waals surface area contributed by atoms with Crippen molar-refractivity contribution < 1.29 is 13.2 Å². The molecule has 1 amide bonds. The Kier molecular flexibility index (Phi) is 3.25. The molecule has 3 rings (SSSR count). The SMILES string of the molecule is Cc1ccnc(NC(=O)C2CN(S(=O)(=O)C3CC3)C2)c1. The second-order valence-corrected chi connectivity index (χ2v) is 7.68. The van der Waals surface area contributed by atoms with Crippen molar-refractivity contribution in [2.45, 2.75) is 25.0 Å². The highest BCUT2D eigenvalue weighted by atomic mass is 32.2. The maximum absolute atomic E-state index is 12.0. The zero-order valence-corrected chi connectivity index (χ0v) is 12.1. The Morgan fingerprint density at radius 3 is 2.70 bits per heavy atom. The molecule has 1 aliphatic carbocycles. The maximum atomic E-state index is 12.0. The quantitative estimate of drug-likeness (QED) is 0.889. The van der Waals surface area contributed by atoms with Crippen molar-refractivity contribution in [1.82, 2.24) is 9.29 Å². The van der Waals surface area contributed by atoms with E-state index < -0.39 is 10.0 Å². The van der Waals surface area contributed by atoms with Gasteiger partial charge in [0.25, 0.3) is 0 Å². The van der Waals surface area contributed by atoms with E-state index in [1.165, 1.54) is 4.31 Å². The van der Waals surface area contributed by atoms with E-state index in [1.807, 2.05) is 13.0 Å². The molecule has 0 unspecified atom stereocenters. The molecule has 0 spiro atoms. The van der Waals surface area contributed by atoms with Gasteiger partial charge in [-0.15, -0.1) is 0 Å². The highest BCUT2D eigenvalue weighted by Gasteiger charge is 2.46. The number of nitrogens with zero attached hydrogens (tertiary/aromatic N) is 2. The van der Waals surface area contributed by atoms with Gasteiger partial charge in [-0.1, -0.05) is 0 Å². The molecule has 1 aromatic rings. The van der Waals surface area contributed by atoms with Crippen molar-refractivity contribution in [2.24, 2.45) is 5.92 Å². The largest absolute Gasteiger partial charge is 0.310 e. The molecule has 2 aliphatic rings. The van der Waals surface area contributed by atoms with Crippen molar-refractivity contribution in [3.05, 3.63) is 23.9 Å². The van der Waals surface area contributed by atoms with Crippen LogP contribution in [0.25, 0.3) is 0 Å². The van der Waals surface area contributed by atoms with E-state index in [0.29, 0.717) is 5.82 Å². The summed E-state index contributed by atoms with van der Waals surface area (Å²) in [5.74, 6) is 0.0784. The first-order chi connectivity index (χ1) is 9.46. The molecule has 0 radical (unpaired) electrons. The second kappa shape index (κ2) is 4.82. The van der Waals surface area contributed by atoms with Crippen LogP contribution in [0.15, 0.2) is 18.3 Å². The van der Waals surface area contributed by atoms with E-state index in [2.05, 4.69) is 10.3 Å². The van der Waals surface area contributed by atoms with Crippen molar-refractivity contribution in [1.29, 1.82) is 0 Å². The molecule has 0 aromatic carbocycles. The summed E-state index contributed by atoms with van der Waals surface area (Å²) in [5, 5.41) is 2.53. The summed E-state index contributed by atoms with van der Waals surface area (Å²) < 4.78 is 25.3. The van der Waals surface area contributed by atoms with Gasteiger partial charge < -0.3 is 5.32 Å². The first kappa shape index (κ1) is 13.5. The molecule has 2 heterocycles. The van der Waals surface area contributed by atoms with Crippen molar-refractivity contribution in [3.63, 3.8) is 0 Å². The molecule has 1 N–H and O–H groups in total. The summed E-state index contributed by atoms with van der Waals surface area (Å²) in [7, 11) is -3.14. The number of aromatic nitrogens is 1. The van der Waals surface area contributed by atoms with Crippen molar-refractivity contribution in [3.8, 4) is 0 Å². The highest BCUT2D eigenvalue weighted by molar-refractivity contribution is 7.90. The number of anilines is 1. The molecule has 0 atom stereocenters. The van der Waals surface area contributed by atoms with Gasteiger partial charge in [0.1, 0.15) is 5.82 Å². The van der Waals surface area contributed by atoms with Gasteiger partial charge in [-0.2, -0.15) is 4.31 Å². The standard InChI is InChI=1S/C13H17N3O3S/c1-9-4-5-14-12(6-9)15-13(17)10-7-16(8-10)20(18,19)11-2-3-11/h4-6,10-11H,2-3,7-8H2,1H3,(H,14,15,17). The number of sulfonamides is 1. The smallest absolute Gasteiger partial charge is 0.231 e. The predicted molar refractivity (Wildman–Crippen MR) is 74.6 cm³/mol. The van der Waals surface area contributed by atoms with Crippen LogP contribution in [-0.4, -0.2) is 42.0 Å². The van der Waals surface area contributed by atoms with Gasteiger partial charge in [-0.25, -0.2) is 13.4 Å². The minimum atomic E-state index is -3.14. The molecule has 1 saturated heterocycles. The lowest BCUT2D eigenvalue weighted by molar-refractivity contribution is -0.122. The first-order valence-electron chi connectivity index (χ1n) is 6.69. The number of aryl methyl sites for hydroxylation is 1. The lowest BCUT2D eigenvalue weighted by Crippen LogP contribution is -2.55.